The summed E-state index contributed by atoms with van der Waals surface area (Å²) in [6.45, 7) is 0. The zero-order valence-electron chi connectivity index (χ0n) is 9.90. The Balaban J connectivity index is 2.30. The minimum Gasteiger partial charge on any atom is -0.296 e. The maximum Gasteiger partial charge on any atom is 0.262 e. The van der Waals surface area contributed by atoms with Gasteiger partial charge in [0.15, 0.2) is 0 Å². The summed E-state index contributed by atoms with van der Waals surface area (Å²) >= 11 is 3.23. The van der Waals surface area contributed by atoms with Crippen LogP contribution in [0.5, 0.6) is 0 Å². The molecule has 1 heterocycles. The highest BCUT2D eigenvalue weighted by atomic mass is 79.9. The summed E-state index contributed by atoms with van der Waals surface area (Å²) in [4.78, 5) is 17.3. The number of rotatable bonds is 2. The minimum absolute atomic E-state index is 0.200. The lowest BCUT2D eigenvalue weighted by Gasteiger charge is -2.16. The van der Waals surface area contributed by atoms with Crippen molar-refractivity contribution in [3.8, 4) is 0 Å². The third kappa shape index (κ3) is 2.96. The van der Waals surface area contributed by atoms with Crippen LogP contribution >= 0.6 is 15.9 Å². The highest BCUT2D eigenvalue weighted by Gasteiger charge is 2.18. The van der Waals surface area contributed by atoms with Crippen LogP contribution in [0.15, 0.2) is 41.0 Å². The fraction of sp³-hybridized carbons (Fsp3) is 0.0769. The van der Waals surface area contributed by atoms with Gasteiger partial charge in [-0.05, 0) is 40.2 Å². The molecule has 1 amide bonds. The van der Waals surface area contributed by atoms with E-state index in [4.69, 9.17) is 0 Å². The first-order chi connectivity index (χ1) is 8.99. The van der Waals surface area contributed by atoms with Crippen molar-refractivity contribution in [3.05, 3.63) is 58.2 Å². The quantitative estimate of drug-likeness (QED) is 0.847. The highest BCUT2D eigenvalue weighted by molar-refractivity contribution is 9.10. The Kier molecular flexibility index (Phi) is 3.90. The molecule has 3 nitrogen and oxygen atoms in total. The van der Waals surface area contributed by atoms with E-state index in [0.29, 0.717) is 11.9 Å². The number of hydrogen-bond acceptors (Lipinski definition) is 2. The second kappa shape index (κ2) is 5.44. The van der Waals surface area contributed by atoms with Crippen LogP contribution in [0, 0.1) is 11.6 Å². The summed E-state index contributed by atoms with van der Waals surface area (Å²) in [6.07, 6.45) is 1.53. The van der Waals surface area contributed by atoms with Gasteiger partial charge in [-0.15, -0.1) is 0 Å². The van der Waals surface area contributed by atoms with Gasteiger partial charge in [0.05, 0.1) is 5.56 Å². The standard InChI is InChI=1S/C13H9BrF2N2O/c1-18(12-5-2-8(14)7-17-12)13(19)10-4-3-9(15)6-11(10)16/h2-7H,1H3. The van der Waals surface area contributed by atoms with E-state index < -0.39 is 17.5 Å². The molecule has 0 atom stereocenters. The van der Waals surface area contributed by atoms with E-state index in [9.17, 15) is 13.6 Å². The molecule has 0 saturated carbocycles. The fourth-order valence-electron chi connectivity index (χ4n) is 1.51. The molecule has 0 aliphatic heterocycles. The molecule has 0 saturated heterocycles. The number of pyridine rings is 1. The van der Waals surface area contributed by atoms with Crippen LogP contribution in [0.1, 0.15) is 10.4 Å². The summed E-state index contributed by atoms with van der Waals surface area (Å²) in [5, 5.41) is 0. The molecule has 19 heavy (non-hydrogen) atoms. The maximum atomic E-state index is 13.5. The normalized spacial score (nSPS) is 10.3. The summed E-state index contributed by atoms with van der Waals surface area (Å²) in [5.74, 6) is -1.84. The molecule has 2 rings (SSSR count). The Bertz CT molecular complexity index is 617. The summed E-state index contributed by atoms with van der Waals surface area (Å²) in [6, 6.07) is 6.16. The van der Waals surface area contributed by atoms with Crippen molar-refractivity contribution in [2.45, 2.75) is 0 Å². The number of nitrogens with zero attached hydrogens (tertiary/aromatic N) is 2. The van der Waals surface area contributed by atoms with E-state index in [1.165, 1.54) is 18.1 Å². The van der Waals surface area contributed by atoms with Gasteiger partial charge in [-0.25, -0.2) is 13.8 Å². The third-order valence-electron chi connectivity index (χ3n) is 2.52. The van der Waals surface area contributed by atoms with Gasteiger partial charge in [0.25, 0.3) is 5.91 Å². The number of anilines is 1. The number of benzene rings is 1. The van der Waals surface area contributed by atoms with Crippen molar-refractivity contribution in [3.63, 3.8) is 0 Å². The van der Waals surface area contributed by atoms with E-state index in [1.54, 1.807) is 12.1 Å². The van der Waals surface area contributed by atoms with Crippen molar-refractivity contribution in [2.24, 2.45) is 0 Å². The van der Waals surface area contributed by atoms with Gasteiger partial charge < -0.3 is 0 Å². The van der Waals surface area contributed by atoms with Crippen molar-refractivity contribution in [1.29, 1.82) is 0 Å². The molecule has 6 heteroatoms. The van der Waals surface area contributed by atoms with Gasteiger partial charge in [0.1, 0.15) is 17.5 Å². The molecule has 0 radical (unpaired) electrons. The maximum absolute atomic E-state index is 13.5. The zero-order valence-corrected chi connectivity index (χ0v) is 11.5. The van der Waals surface area contributed by atoms with Crippen LogP contribution in [0.3, 0.4) is 0 Å². The molecule has 0 fully saturated rings. The van der Waals surface area contributed by atoms with E-state index in [-0.39, 0.29) is 5.56 Å². The molecule has 0 unspecified atom stereocenters. The van der Waals surface area contributed by atoms with E-state index in [1.807, 2.05) is 0 Å². The smallest absolute Gasteiger partial charge is 0.262 e. The number of hydrogen-bond donors (Lipinski definition) is 0. The van der Waals surface area contributed by atoms with Crippen molar-refractivity contribution < 1.29 is 13.6 Å². The zero-order chi connectivity index (χ0) is 14.0. The van der Waals surface area contributed by atoms with Gasteiger partial charge in [-0.1, -0.05) is 0 Å². The molecule has 0 spiro atoms. The van der Waals surface area contributed by atoms with Crippen molar-refractivity contribution in [1.82, 2.24) is 4.98 Å². The molecule has 98 valence electrons. The Hall–Kier alpha value is -1.82. The lowest BCUT2D eigenvalue weighted by Crippen LogP contribution is -2.27. The van der Waals surface area contributed by atoms with Gasteiger partial charge in [-0.2, -0.15) is 0 Å². The topological polar surface area (TPSA) is 33.2 Å². The number of halogens is 3. The van der Waals surface area contributed by atoms with Crippen LogP contribution in [0.2, 0.25) is 0 Å². The van der Waals surface area contributed by atoms with Crippen molar-refractivity contribution >= 4 is 27.7 Å². The molecular formula is C13H9BrF2N2O. The molecule has 0 bridgehead atoms. The first-order valence-electron chi connectivity index (χ1n) is 5.33. The molecule has 1 aromatic carbocycles. The van der Waals surface area contributed by atoms with Gasteiger partial charge >= 0.3 is 0 Å². The van der Waals surface area contributed by atoms with Crippen LogP contribution in [0.25, 0.3) is 0 Å². The van der Waals surface area contributed by atoms with E-state index in [0.717, 1.165) is 16.6 Å². The van der Waals surface area contributed by atoms with Crippen LogP contribution < -0.4 is 4.90 Å². The predicted molar refractivity (Wildman–Crippen MR) is 71.0 cm³/mol. The lowest BCUT2D eigenvalue weighted by atomic mass is 10.2. The number of aromatic nitrogens is 1. The summed E-state index contributed by atoms with van der Waals surface area (Å²) < 4.78 is 27.1. The van der Waals surface area contributed by atoms with E-state index in [2.05, 4.69) is 20.9 Å². The van der Waals surface area contributed by atoms with Gasteiger partial charge in [-0.3, -0.25) is 9.69 Å². The van der Waals surface area contributed by atoms with Crippen molar-refractivity contribution in [2.75, 3.05) is 11.9 Å². The van der Waals surface area contributed by atoms with Crippen LogP contribution in [0.4, 0.5) is 14.6 Å². The summed E-state index contributed by atoms with van der Waals surface area (Å²) in [5.41, 5.74) is -0.200. The minimum atomic E-state index is -0.894. The Morgan fingerprint density at radius 2 is 2.00 bits per heavy atom. The third-order valence-corrected chi connectivity index (χ3v) is 2.99. The molecular weight excluding hydrogens is 318 g/mol. The monoisotopic (exact) mass is 326 g/mol. The number of carbonyl (C=O) groups excluding carboxylic acids is 1. The lowest BCUT2D eigenvalue weighted by molar-refractivity contribution is 0.0988. The first kappa shape index (κ1) is 13.6. The molecule has 0 aliphatic carbocycles. The fourth-order valence-corrected chi connectivity index (χ4v) is 1.75. The Morgan fingerprint density at radius 1 is 1.26 bits per heavy atom. The number of carbonyl (C=O) groups is 1. The molecule has 0 N–H and O–H groups in total. The Morgan fingerprint density at radius 3 is 2.58 bits per heavy atom. The molecule has 0 aliphatic rings. The van der Waals surface area contributed by atoms with Gasteiger partial charge in [0, 0.05) is 23.8 Å². The Labute approximate surface area is 117 Å². The van der Waals surface area contributed by atoms with Gasteiger partial charge in [0.2, 0.25) is 0 Å². The second-order valence-electron chi connectivity index (χ2n) is 3.82. The number of amides is 1. The van der Waals surface area contributed by atoms with Crippen LogP contribution in [-0.2, 0) is 0 Å². The summed E-state index contributed by atoms with van der Waals surface area (Å²) in [7, 11) is 1.47. The average molecular weight is 327 g/mol. The highest BCUT2D eigenvalue weighted by Crippen LogP contribution is 2.17. The SMILES string of the molecule is CN(C(=O)c1ccc(F)cc1F)c1ccc(Br)cn1. The van der Waals surface area contributed by atoms with Crippen LogP contribution in [-0.4, -0.2) is 17.9 Å². The molecule has 1 aromatic heterocycles. The molecule has 2 aromatic rings. The predicted octanol–water partition coefficient (Wildman–Crippen LogP) is 3.40. The largest absolute Gasteiger partial charge is 0.296 e. The average Bonchev–Trinajstić information content (AvgIpc) is 2.38. The second-order valence-corrected chi connectivity index (χ2v) is 4.74. The first-order valence-corrected chi connectivity index (χ1v) is 6.13. The van der Waals surface area contributed by atoms with E-state index >= 15 is 0 Å².